The van der Waals surface area contributed by atoms with E-state index in [-0.39, 0.29) is 6.09 Å². The fourth-order valence-corrected chi connectivity index (χ4v) is 2.68. The molecule has 0 aromatic heterocycles. The van der Waals surface area contributed by atoms with Crippen LogP contribution in [-0.2, 0) is 4.74 Å². The molecule has 9 heteroatoms. The van der Waals surface area contributed by atoms with Crippen LogP contribution in [0.3, 0.4) is 0 Å². The second-order valence-corrected chi connectivity index (χ2v) is 7.30. The van der Waals surface area contributed by atoms with Crippen LogP contribution in [0, 0.1) is 0 Å². The standard InChI is InChI=1S/C17H24ClN5O3/c1-17(2,3)26-16(25)23-8-6-22(7-9-23)13-5-4-12(14(18)10-13)11-20-21-15(19)24/h4-5,10-11H,6-9H2,1-3H3,(H3,19,21,24). The SMILES string of the molecule is CC(C)(C)OC(=O)N1CCN(c2ccc(C=NNC(N)=O)c(Cl)c2)CC1. The number of urea groups is 1. The van der Waals surface area contributed by atoms with E-state index in [1.807, 2.05) is 39.0 Å². The van der Waals surface area contributed by atoms with E-state index in [0.717, 1.165) is 5.69 Å². The zero-order valence-electron chi connectivity index (χ0n) is 15.2. The highest BCUT2D eigenvalue weighted by molar-refractivity contribution is 6.33. The number of nitrogens with two attached hydrogens (primary N) is 1. The molecule has 1 fully saturated rings. The van der Waals surface area contributed by atoms with Crippen molar-refractivity contribution in [1.29, 1.82) is 0 Å². The summed E-state index contributed by atoms with van der Waals surface area (Å²) in [4.78, 5) is 26.6. The lowest BCUT2D eigenvalue weighted by Crippen LogP contribution is -2.50. The number of nitrogens with one attached hydrogen (secondary N) is 1. The highest BCUT2D eigenvalue weighted by atomic mass is 35.5. The number of piperazine rings is 1. The first kappa shape index (κ1) is 19.8. The number of amides is 3. The fraction of sp³-hybridized carbons (Fsp3) is 0.471. The van der Waals surface area contributed by atoms with Crippen molar-refractivity contribution in [2.24, 2.45) is 10.8 Å². The van der Waals surface area contributed by atoms with Crippen molar-refractivity contribution in [3.05, 3.63) is 28.8 Å². The fourth-order valence-electron chi connectivity index (χ4n) is 2.46. The minimum absolute atomic E-state index is 0.288. The van der Waals surface area contributed by atoms with Gasteiger partial charge in [-0.05, 0) is 39.0 Å². The lowest BCUT2D eigenvalue weighted by molar-refractivity contribution is 0.0240. The molecule has 1 aromatic carbocycles. The maximum absolute atomic E-state index is 12.1. The van der Waals surface area contributed by atoms with Crippen LogP contribution in [0.5, 0.6) is 0 Å². The molecule has 0 bridgehead atoms. The summed E-state index contributed by atoms with van der Waals surface area (Å²) in [6, 6.07) is 4.82. The number of hydrazone groups is 1. The zero-order chi connectivity index (χ0) is 19.3. The number of hydrogen-bond acceptors (Lipinski definition) is 5. The third-order valence-corrected chi connectivity index (χ3v) is 3.99. The molecule has 1 aliphatic rings. The van der Waals surface area contributed by atoms with E-state index in [1.54, 1.807) is 4.90 Å². The third kappa shape index (κ3) is 5.80. The molecule has 0 aliphatic carbocycles. The molecule has 8 nitrogen and oxygen atoms in total. The number of rotatable bonds is 3. The molecule has 3 N–H and O–H groups in total. The number of primary amides is 1. The van der Waals surface area contributed by atoms with Crippen LogP contribution in [0.2, 0.25) is 5.02 Å². The summed E-state index contributed by atoms with van der Waals surface area (Å²) in [5, 5.41) is 4.20. The molecule has 0 radical (unpaired) electrons. The van der Waals surface area contributed by atoms with Crippen molar-refractivity contribution in [3.8, 4) is 0 Å². The molecule has 0 saturated carbocycles. The first-order valence-corrected chi connectivity index (χ1v) is 8.64. The molecule has 0 spiro atoms. The van der Waals surface area contributed by atoms with E-state index in [2.05, 4.69) is 15.4 Å². The van der Waals surface area contributed by atoms with Gasteiger partial charge in [0.05, 0.1) is 11.2 Å². The van der Waals surface area contributed by atoms with Gasteiger partial charge in [-0.2, -0.15) is 5.10 Å². The molecule has 1 aliphatic heterocycles. The van der Waals surface area contributed by atoms with Crippen molar-refractivity contribution < 1.29 is 14.3 Å². The summed E-state index contributed by atoms with van der Waals surface area (Å²) in [5.74, 6) is 0. The number of benzene rings is 1. The van der Waals surface area contributed by atoms with Crippen molar-refractivity contribution in [3.63, 3.8) is 0 Å². The molecule has 0 unspecified atom stereocenters. The summed E-state index contributed by atoms with van der Waals surface area (Å²) < 4.78 is 5.40. The Morgan fingerprint density at radius 1 is 1.27 bits per heavy atom. The van der Waals surface area contributed by atoms with Crippen molar-refractivity contribution in [2.75, 3.05) is 31.1 Å². The summed E-state index contributed by atoms with van der Waals surface area (Å²) in [5.41, 5.74) is 8.19. The van der Waals surface area contributed by atoms with Crippen LogP contribution in [-0.4, -0.2) is 55.0 Å². The Morgan fingerprint density at radius 3 is 2.46 bits per heavy atom. The molecular weight excluding hydrogens is 358 g/mol. The molecule has 142 valence electrons. The largest absolute Gasteiger partial charge is 0.444 e. The van der Waals surface area contributed by atoms with E-state index < -0.39 is 11.6 Å². The van der Waals surface area contributed by atoms with Crippen LogP contribution in [0.1, 0.15) is 26.3 Å². The van der Waals surface area contributed by atoms with E-state index in [1.165, 1.54) is 6.21 Å². The van der Waals surface area contributed by atoms with Crippen molar-refractivity contribution >= 4 is 35.6 Å². The summed E-state index contributed by atoms with van der Waals surface area (Å²) in [6.45, 7) is 8.10. The Bertz CT molecular complexity index is 694. The van der Waals surface area contributed by atoms with Gasteiger partial charge in [0.1, 0.15) is 5.60 Å². The number of anilines is 1. The molecule has 2 rings (SSSR count). The van der Waals surface area contributed by atoms with Crippen molar-refractivity contribution in [1.82, 2.24) is 10.3 Å². The van der Waals surface area contributed by atoms with Crippen LogP contribution in [0.4, 0.5) is 15.3 Å². The van der Waals surface area contributed by atoms with Gasteiger partial charge in [0.15, 0.2) is 0 Å². The van der Waals surface area contributed by atoms with Gasteiger partial charge in [0.2, 0.25) is 0 Å². The van der Waals surface area contributed by atoms with Gasteiger partial charge < -0.3 is 20.3 Å². The average Bonchev–Trinajstić information content (AvgIpc) is 2.54. The van der Waals surface area contributed by atoms with Gasteiger partial charge in [-0.1, -0.05) is 11.6 Å². The number of halogens is 1. The Morgan fingerprint density at radius 2 is 1.92 bits per heavy atom. The number of nitrogens with zero attached hydrogens (tertiary/aromatic N) is 3. The topological polar surface area (TPSA) is 100 Å². The Kier molecular flexibility index (Phi) is 6.31. The molecule has 3 amide bonds. The van der Waals surface area contributed by atoms with Crippen LogP contribution >= 0.6 is 11.6 Å². The van der Waals surface area contributed by atoms with Crippen LogP contribution in [0.25, 0.3) is 0 Å². The van der Waals surface area contributed by atoms with Gasteiger partial charge in [-0.3, -0.25) is 0 Å². The Hall–Kier alpha value is -2.48. The number of ether oxygens (including phenoxy) is 1. The highest BCUT2D eigenvalue weighted by Crippen LogP contribution is 2.24. The van der Waals surface area contributed by atoms with E-state index in [9.17, 15) is 9.59 Å². The lowest BCUT2D eigenvalue weighted by atomic mass is 10.2. The molecule has 26 heavy (non-hydrogen) atoms. The van der Waals surface area contributed by atoms with E-state index >= 15 is 0 Å². The lowest BCUT2D eigenvalue weighted by Gasteiger charge is -2.36. The maximum Gasteiger partial charge on any atom is 0.410 e. The van der Waals surface area contributed by atoms with E-state index in [0.29, 0.717) is 36.8 Å². The molecule has 1 saturated heterocycles. The normalized spacial score (nSPS) is 15.2. The molecule has 1 heterocycles. The van der Waals surface area contributed by atoms with Crippen molar-refractivity contribution in [2.45, 2.75) is 26.4 Å². The monoisotopic (exact) mass is 381 g/mol. The second kappa shape index (κ2) is 8.27. The van der Waals surface area contributed by atoms with Gasteiger partial charge in [0.25, 0.3) is 0 Å². The summed E-state index contributed by atoms with van der Waals surface area (Å²) >= 11 is 6.27. The average molecular weight is 382 g/mol. The smallest absolute Gasteiger partial charge is 0.410 e. The quantitative estimate of drug-likeness (QED) is 0.620. The minimum atomic E-state index is -0.739. The second-order valence-electron chi connectivity index (χ2n) is 6.89. The highest BCUT2D eigenvalue weighted by Gasteiger charge is 2.26. The Labute approximate surface area is 157 Å². The number of carbonyl (C=O) groups excluding carboxylic acids is 2. The molecular formula is C17H24ClN5O3. The van der Waals surface area contributed by atoms with E-state index in [4.69, 9.17) is 22.1 Å². The Balaban J connectivity index is 1.95. The summed E-state index contributed by atoms with van der Waals surface area (Å²) in [6.07, 6.45) is 1.14. The zero-order valence-corrected chi connectivity index (χ0v) is 15.9. The third-order valence-electron chi connectivity index (χ3n) is 3.66. The van der Waals surface area contributed by atoms with Gasteiger partial charge in [-0.15, -0.1) is 0 Å². The van der Waals surface area contributed by atoms with Crippen LogP contribution < -0.4 is 16.1 Å². The van der Waals surface area contributed by atoms with Gasteiger partial charge in [0, 0.05) is 37.4 Å². The maximum atomic E-state index is 12.1. The predicted octanol–water partition coefficient (Wildman–Crippen LogP) is 2.40. The minimum Gasteiger partial charge on any atom is -0.444 e. The molecule has 1 aromatic rings. The predicted molar refractivity (Wildman–Crippen MR) is 102 cm³/mol. The molecule has 0 atom stereocenters. The number of hydrogen-bond donors (Lipinski definition) is 2. The number of carbonyl (C=O) groups is 2. The summed E-state index contributed by atoms with van der Waals surface area (Å²) in [7, 11) is 0. The van der Waals surface area contributed by atoms with Gasteiger partial charge >= 0.3 is 12.1 Å². The first-order valence-electron chi connectivity index (χ1n) is 8.26. The van der Waals surface area contributed by atoms with Crippen LogP contribution in [0.15, 0.2) is 23.3 Å². The van der Waals surface area contributed by atoms with Gasteiger partial charge in [-0.25, -0.2) is 15.0 Å². The first-order chi connectivity index (χ1) is 12.2.